The Labute approximate surface area is 256 Å². The number of benzene rings is 6. The predicted molar refractivity (Wildman–Crippen MR) is 181 cm³/mol. The first-order chi connectivity index (χ1) is 20.3. The molecule has 0 atom stereocenters. The fraction of sp³-hybridized carbons (Fsp3) is 0.0526. The van der Waals surface area contributed by atoms with Crippen LogP contribution in [0.1, 0.15) is 22.3 Å². The van der Waals surface area contributed by atoms with Crippen LogP contribution in [-0.2, 0) is 12.8 Å². The van der Waals surface area contributed by atoms with Crippen molar-refractivity contribution in [2.24, 2.45) is 0 Å². The van der Waals surface area contributed by atoms with Crippen LogP contribution in [0, 0.1) is 0 Å². The molecule has 3 heterocycles. The zero-order chi connectivity index (χ0) is 26.9. The summed E-state index contributed by atoms with van der Waals surface area (Å²) in [4.78, 5) is 0. The molecule has 0 amide bonds. The van der Waals surface area contributed by atoms with Crippen molar-refractivity contribution >= 4 is 101 Å². The Morgan fingerprint density at radius 1 is 0.341 bits per heavy atom. The van der Waals surface area contributed by atoms with E-state index in [9.17, 15) is 0 Å². The molecule has 0 aliphatic carbocycles. The average Bonchev–Trinajstić information content (AvgIpc) is 3.69. The van der Waals surface area contributed by atoms with E-state index < -0.39 is 0 Å². The Hall–Kier alpha value is -3.12. The van der Waals surface area contributed by atoms with Gasteiger partial charge in [-0.1, -0.05) is 0 Å². The fourth-order valence-corrected chi connectivity index (χ4v) is 13.8. The Morgan fingerprint density at radius 3 is 1.29 bits per heavy atom. The molecule has 0 saturated carbocycles. The van der Waals surface area contributed by atoms with Crippen LogP contribution in [-0.4, -0.2) is 43.5 Å². The molecular formula is C38H24Se3. The fourth-order valence-electron chi connectivity index (χ4n) is 6.42. The molecule has 0 fully saturated rings. The molecule has 0 unspecified atom stereocenters. The summed E-state index contributed by atoms with van der Waals surface area (Å²) in [7, 11) is 0. The van der Waals surface area contributed by atoms with Crippen molar-refractivity contribution in [3.8, 4) is 0 Å². The molecule has 0 aliphatic heterocycles. The Morgan fingerprint density at radius 2 is 0.780 bits per heavy atom. The van der Waals surface area contributed by atoms with Crippen LogP contribution in [0.2, 0.25) is 0 Å². The van der Waals surface area contributed by atoms with Crippen LogP contribution >= 0.6 is 0 Å². The molecule has 0 spiro atoms. The van der Waals surface area contributed by atoms with Gasteiger partial charge in [-0.2, -0.15) is 0 Å². The molecule has 0 bridgehead atoms. The second-order valence-electron chi connectivity index (χ2n) is 10.9. The molecular weight excluding hydrogens is 693 g/mol. The van der Waals surface area contributed by atoms with Crippen LogP contribution in [0.4, 0.5) is 0 Å². The number of fused-ring (bicyclic) bond motifs is 9. The Bertz CT molecular complexity index is 2260. The van der Waals surface area contributed by atoms with Crippen molar-refractivity contribution in [3.63, 3.8) is 0 Å². The quantitative estimate of drug-likeness (QED) is 0.160. The van der Waals surface area contributed by atoms with Crippen LogP contribution in [0.3, 0.4) is 0 Å². The van der Waals surface area contributed by atoms with Crippen LogP contribution < -0.4 is 0 Å². The normalized spacial score (nSPS) is 12.1. The molecule has 3 aromatic heterocycles. The molecule has 41 heavy (non-hydrogen) atoms. The Kier molecular flexibility index (Phi) is 5.80. The molecule has 0 aliphatic rings. The zero-order valence-electron chi connectivity index (χ0n) is 22.2. The summed E-state index contributed by atoms with van der Waals surface area (Å²) in [6.45, 7) is 0. The van der Waals surface area contributed by atoms with Crippen molar-refractivity contribution in [3.05, 3.63) is 144 Å². The van der Waals surface area contributed by atoms with Crippen molar-refractivity contribution < 1.29 is 0 Å². The monoisotopic (exact) mass is 720 g/mol. The van der Waals surface area contributed by atoms with Gasteiger partial charge in [0.2, 0.25) is 0 Å². The van der Waals surface area contributed by atoms with Crippen molar-refractivity contribution in [2.75, 3.05) is 0 Å². The van der Waals surface area contributed by atoms with E-state index in [0.717, 1.165) is 12.8 Å². The van der Waals surface area contributed by atoms with Crippen LogP contribution in [0.25, 0.3) is 57.9 Å². The second kappa shape index (κ2) is 9.72. The minimum atomic E-state index is 0.388. The second-order valence-corrected chi connectivity index (χ2v) is 17.6. The summed E-state index contributed by atoms with van der Waals surface area (Å²) in [5, 5.41) is 8.73. The molecule has 0 saturated heterocycles. The Balaban J connectivity index is 1.11. The van der Waals surface area contributed by atoms with Gasteiger partial charge >= 0.3 is 258 Å². The van der Waals surface area contributed by atoms with Gasteiger partial charge in [0.15, 0.2) is 0 Å². The minimum absolute atomic E-state index is 0.388. The van der Waals surface area contributed by atoms with Crippen molar-refractivity contribution in [1.82, 2.24) is 0 Å². The van der Waals surface area contributed by atoms with E-state index in [-0.39, 0.29) is 0 Å². The van der Waals surface area contributed by atoms with Gasteiger partial charge in [-0.05, 0) is 0 Å². The molecule has 6 aromatic carbocycles. The first-order valence-corrected chi connectivity index (χ1v) is 19.1. The third-order valence-corrected chi connectivity index (χ3v) is 16.1. The van der Waals surface area contributed by atoms with E-state index in [2.05, 4.69) is 121 Å². The molecule has 194 valence electrons. The number of hydrogen-bond acceptors (Lipinski definition) is 0. The van der Waals surface area contributed by atoms with Gasteiger partial charge in [0.05, 0.1) is 0 Å². The van der Waals surface area contributed by atoms with Crippen molar-refractivity contribution in [1.29, 1.82) is 0 Å². The van der Waals surface area contributed by atoms with Gasteiger partial charge in [-0.15, -0.1) is 0 Å². The van der Waals surface area contributed by atoms with Crippen LogP contribution in [0.15, 0.2) is 121 Å². The van der Waals surface area contributed by atoms with E-state index >= 15 is 0 Å². The van der Waals surface area contributed by atoms with Gasteiger partial charge in [0, 0.05) is 0 Å². The van der Waals surface area contributed by atoms with Crippen molar-refractivity contribution in [2.45, 2.75) is 12.8 Å². The molecule has 3 heteroatoms. The van der Waals surface area contributed by atoms with E-state index in [4.69, 9.17) is 0 Å². The third-order valence-electron chi connectivity index (χ3n) is 8.36. The first kappa shape index (κ1) is 24.5. The van der Waals surface area contributed by atoms with E-state index in [1.54, 1.807) is 8.52 Å². The topological polar surface area (TPSA) is 0 Å². The van der Waals surface area contributed by atoms with E-state index in [1.807, 2.05) is 0 Å². The zero-order valence-corrected chi connectivity index (χ0v) is 27.3. The number of hydrogen-bond donors (Lipinski definition) is 0. The number of rotatable bonds is 4. The maximum absolute atomic E-state index is 2.50. The summed E-state index contributed by atoms with van der Waals surface area (Å²) in [5.74, 6) is 0. The van der Waals surface area contributed by atoms with Gasteiger partial charge in [-0.3, -0.25) is 0 Å². The molecule has 0 nitrogen and oxygen atoms in total. The van der Waals surface area contributed by atoms with E-state index in [0.29, 0.717) is 43.5 Å². The average molecular weight is 717 g/mol. The third kappa shape index (κ3) is 4.08. The summed E-state index contributed by atoms with van der Waals surface area (Å²) in [6, 6.07) is 46.4. The summed E-state index contributed by atoms with van der Waals surface area (Å²) >= 11 is 1.17. The SMILES string of the molecule is c1ccc2c(c1)[se]c1c(Cc3ccc4[se]c5ccc(Cc6cccc7c6[se]c6ccccc67)cc5c4c3)cccc12. The van der Waals surface area contributed by atoms with Gasteiger partial charge < -0.3 is 0 Å². The maximum atomic E-state index is 2.50. The summed E-state index contributed by atoms with van der Waals surface area (Å²) < 4.78 is 9.26. The van der Waals surface area contributed by atoms with Crippen LogP contribution in [0.5, 0.6) is 0 Å². The van der Waals surface area contributed by atoms with Gasteiger partial charge in [0.1, 0.15) is 0 Å². The predicted octanol–water partition coefficient (Wildman–Crippen LogP) is 8.96. The summed E-state index contributed by atoms with van der Waals surface area (Å²) in [5.41, 5.74) is 5.85. The molecule has 0 radical (unpaired) electrons. The standard InChI is InChI=1S/C38H24Se3/c1-3-13-33-27(9-1)29-11-5-7-25(37(29)40-33)19-23-15-17-35-31(21-23)32-22-24(16-18-36(32)39-35)20-26-8-6-12-30-28-10-2-4-14-34(28)41-38(26)30/h1-18,21-22H,19-20H2. The summed E-state index contributed by atoms with van der Waals surface area (Å²) in [6.07, 6.45) is 2.01. The molecule has 9 aromatic rings. The first-order valence-electron chi connectivity index (χ1n) is 14.0. The molecule has 9 rings (SSSR count). The van der Waals surface area contributed by atoms with Gasteiger partial charge in [-0.25, -0.2) is 0 Å². The molecule has 0 N–H and O–H groups in total. The van der Waals surface area contributed by atoms with Gasteiger partial charge in [0.25, 0.3) is 0 Å². The van der Waals surface area contributed by atoms with E-state index in [1.165, 1.54) is 71.6 Å².